The van der Waals surface area contributed by atoms with Crippen LogP contribution in [0.4, 0.5) is 0 Å². The van der Waals surface area contributed by atoms with E-state index in [0.717, 1.165) is 11.1 Å². The molecule has 1 aromatic heterocycles. The summed E-state index contributed by atoms with van der Waals surface area (Å²) in [5.74, 6) is 1.79. The Morgan fingerprint density at radius 1 is 1.04 bits per heavy atom. The van der Waals surface area contributed by atoms with Crippen molar-refractivity contribution in [1.82, 2.24) is 4.98 Å². The van der Waals surface area contributed by atoms with E-state index in [1.54, 1.807) is 38.6 Å². The van der Waals surface area contributed by atoms with Crippen molar-refractivity contribution in [2.45, 2.75) is 13.0 Å². The van der Waals surface area contributed by atoms with Gasteiger partial charge in [-0.3, -0.25) is 4.79 Å². The van der Waals surface area contributed by atoms with Crippen LogP contribution in [0.15, 0.2) is 59.1 Å². The highest BCUT2D eigenvalue weighted by molar-refractivity contribution is 5.73. The molecule has 0 aliphatic rings. The maximum atomic E-state index is 12.1. The molecule has 3 rings (SSSR count). The highest BCUT2D eigenvalue weighted by Gasteiger charge is 2.12. The fraction of sp³-hybridized carbons (Fsp3) is 0.200. The standard InChI is InChI=1S/C20H19NO5/c1-23-16-9-8-14(10-17(16)24-2)11-20(22)25-13-19-21-12-18(26-19)15-6-4-3-5-7-15/h3-10,12H,11,13H2,1-2H3. The second kappa shape index (κ2) is 8.20. The number of hydrogen-bond donors (Lipinski definition) is 0. The maximum absolute atomic E-state index is 12.1. The first kappa shape index (κ1) is 17.5. The van der Waals surface area contributed by atoms with Gasteiger partial charge in [0.2, 0.25) is 5.89 Å². The third-order valence-corrected chi connectivity index (χ3v) is 3.76. The number of esters is 1. The Kier molecular flexibility index (Phi) is 5.53. The average molecular weight is 353 g/mol. The van der Waals surface area contributed by atoms with Gasteiger partial charge in [0.25, 0.3) is 0 Å². The molecule has 0 unspecified atom stereocenters. The van der Waals surface area contributed by atoms with E-state index >= 15 is 0 Å². The number of methoxy groups -OCH3 is 2. The first-order chi connectivity index (χ1) is 12.7. The summed E-state index contributed by atoms with van der Waals surface area (Å²) < 4.78 is 21.3. The molecule has 0 spiro atoms. The van der Waals surface area contributed by atoms with E-state index in [-0.39, 0.29) is 19.0 Å². The van der Waals surface area contributed by atoms with Crippen molar-refractivity contribution in [1.29, 1.82) is 0 Å². The molecule has 134 valence electrons. The van der Waals surface area contributed by atoms with Crippen LogP contribution in [0.25, 0.3) is 11.3 Å². The Morgan fingerprint density at radius 3 is 2.54 bits per heavy atom. The van der Waals surface area contributed by atoms with Gasteiger partial charge in [0, 0.05) is 5.56 Å². The smallest absolute Gasteiger partial charge is 0.310 e. The van der Waals surface area contributed by atoms with Gasteiger partial charge in [0.15, 0.2) is 23.9 Å². The minimum Gasteiger partial charge on any atom is -0.493 e. The highest BCUT2D eigenvalue weighted by atomic mass is 16.5. The van der Waals surface area contributed by atoms with Gasteiger partial charge in [-0.1, -0.05) is 36.4 Å². The Hall–Kier alpha value is -3.28. The van der Waals surface area contributed by atoms with E-state index in [9.17, 15) is 4.79 Å². The molecule has 0 aliphatic carbocycles. The Bertz CT molecular complexity index is 873. The van der Waals surface area contributed by atoms with Crippen molar-refractivity contribution < 1.29 is 23.4 Å². The van der Waals surface area contributed by atoms with Crippen LogP contribution in [0.2, 0.25) is 0 Å². The Morgan fingerprint density at radius 2 is 1.81 bits per heavy atom. The van der Waals surface area contributed by atoms with E-state index < -0.39 is 0 Å². The van der Waals surface area contributed by atoms with E-state index in [4.69, 9.17) is 18.6 Å². The lowest BCUT2D eigenvalue weighted by atomic mass is 10.1. The van der Waals surface area contributed by atoms with E-state index in [2.05, 4.69) is 4.98 Å². The number of carbonyl (C=O) groups excluding carboxylic acids is 1. The minimum absolute atomic E-state index is 0.0149. The lowest BCUT2D eigenvalue weighted by Gasteiger charge is -2.09. The van der Waals surface area contributed by atoms with Gasteiger partial charge in [-0.05, 0) is 17.7 Å². The lowest BCUT2D eigenvalue weighted by Crippen LogP contribution is -2.08. The number of oxazole rings is 1. The summed E-state index contributed by atoms with van der Waals surface area (Å²) in [6, 6.07) is 14.9. The molecule has 0 aliphatic heterocycles. The van der Waals surface area contributed by atoms with Crippen LogP contribution >= 0.6 is 0 Å². The van der Waals surface area contributed by atoms with Crippen LogP contribution in [-0.4, -0.2) is 25.2 Å². The van der Waals surface area contributed by atoms with Crippen molar-refractivity contribution in [3.63, 3.8) is 0 Å². The Labute approximate surface area is 151 Å². The molecule has 26 heavy (non-hydrogen) atoms. The van der Waals surface area contributed by atoms with Crippen LogP contribution in [0.1, 0.15) is 11.5 Å². The van der Waals surface area contributed by atoms with Crippen molar-refractivity contribution >= 4 is 5.97 Å². The fourth-order valence-corrected chi connectivity index (χ4v) is 2.46. The number of ether oxygens (including phenoxy) is 3. The summed E-state index contributed by atoms with van der Waals surface area (Å²) in [7, 11) is 3.11. The van der Waals surface area contributed by atoms with Gasteiger partial charge in [-0.15, -0.1) is 0 Å². The molecule has 0 bridgehead atoms. The summed E-state index contributed by atoms with van der Waals surface area (Å²) in [6.45, 7) is -0.0149. The summed E-state index contributed by atoms with van der Waals surface area (Å²) in [6.07, 6.45) is 1.74. The zero-order valence-electron chi connectivity index (χ0n) is 14.6. The largest absolute Gasteiger partial charge is 0.493 e. The molecular weight excluding hydrogens is 334 g/mol. The quantitative estimate of drug-likeness (QED) is 0.604. The van der Waals surface area contributed by atoms with Crippen molar-refractivity contribution in [3.8, 4) is 22.8 Å². The van der Waals surface area contributed by atoms with E-state index in [0.29, 0.717) is 23.1 Å². The molecule has 0 radical (unpaired) electrons. The first-order valence-electron chi connectivity index (χ1n) is 8.06. The number of aromatic nitrogens is 1. The van der Waals surface area contributed by atoms with Crippen LogP contribution in [0.3, 0.4) is 0 Å². The molecule has 3 aromatic rings. The summed E-state index contributed by atoms with van der Waals surface area (Å²) in [5.41, 5.74) is 1.69. The van der Waals surface area contributed by atoms with Crippen molar-refractivity contribution in [3.05, 3.63) is 66.2 Å². The second-order valence-electron chi connectivity index (χ2n) is 5.51. The van der Waals surface area contributed by atoms with Gasteiger partial charge < -0.3 is 18.6 Å². The van der Waals surface area contributed by atoms with Crippen molar-refractivity contribution in [2.75, 3.05) is 14.2 Å². The van der Waals surface area contributed by atoms with Crippen LogP contribution in [0.5, 0.6) is 11.5 Å². The fourth-order valence-electron chi connectivity index (χ4n) is 2.46. The molecular formula is C20H19NO5. The van der Waals surface area contributed by atoms with Gasteiger partial charge in [-0.25, -0.2) is 4.98 Å². The number of nitrogens with zero attached hydrogens (tertiary/aromatic N) is 1. The second-order valence-corrected chi connectivity index (χ2v) is 5.51. The highest BCUT2D eigenvalue weighted by Crippen LogP contribution is 2.27. The number of hydrogen-bond acceptors (Lipinski definition) is 6. The lowest BCUT2D eigenvalue weighted by molar-refractivity contribution is -0.144. The van der Waals surface area contributed by atoms with Crippen LogP contribution in [-0.2, 0) is 22.6 Å². The third kappa shape index (κ3) is 4.22. The number of carbonyl (C=O) groups is 1. The molecule has 0 N–H and O–H groups in total. The molecule has 0 atom stereocenters. The first-order valence-corrected chi connectivity index (χ1v) is 8.06. The normalized spacial score (nSPS) is 10.4. The SMILES string of the molecule is COc1ccc(CC(=O)OCc2ncc(-c3ccccc3)o2)cc1OC. The molecule has 0 saturated carbocycles. The van der Waals surface area contributed by atoms with E-state index in [1.807, 2.05) is 30.3 Å². The van der Waals surface area contributed by atoms with Gasteiger partial charge in [0.05, 0.1) is 26.8 Å². The van der Waals surface area contributed by atoms with Crippen LogP contribution in [0, 0.1) is 0 Å². The third-order valence-electron chi connectivity index (χ3n) is 3.76. The number of benzene rings is 2. The van der Waals surface area contributed by atoms with Gasteiger partial charge in [0.1, 0.15) is 0 Å². The zero-order chi connectivity index (χ0) is 18.4. The van der Waals surface area contributed by atoms with Crippen LogP contribution < -0.4 is 9.47 Å². The summed E-state index contributed by atoms with van der Waals surface area (Å²) >= 11 is 0. The maximum Gasteiger partial charge on any atom is 0.310 e. The molecule has 2 aromatic carbocycles. The molecule has 6 nitrogen and oxygen atoms in total. The molecule has 0 amide bonds. The predicted molar refractivity (Wildman–Crippen MR) is 95.0 cm³/mol. The minimum atomic E-state index is -0.378. The molecule has 0 saturated heterocycles. The molecule has 1 heterocycles. The number of rotatable bonds is 7. The topological polar surface area (TPSA) is 70.8 Å². The monoisotopic (exact) mass is 353 g/mol. The predicted octanol–water partition coefficient (Wildman–Crippen LogP) is 3.64. The summed E-state index contributed by atoms with van der Waals surface area (Å²) in [4.78, 5) is 16.2. The molecule has 6 heteroatoms. The Balaban J connectivity index is 1.57. The van der Waals surface area contributed by atoms with Gasteiger partial charge in [-0.2, -0.15) is 0 Å². The molecule has 0 fully saturated rings. The zero-order valence-corrected chi connectivity index (χ0v) is 14.6. The van der Waals surface area contributed by atoms with Gasteiger partial charge >= 0.3 is 5.97 Å². The average Bonchev–Trinajstić information content (AvgIpc) is 3.16. The summed E-state index contributed by atoms with van der Waals surface area (Å²) in [5, 5.41) is 0. The van der Waals surface area contributed by atoms with E-state index in [1.165, 1.54) is 0 Å². The van der Waals surface area contributed by atoms with Crippen molar-refractivity contribution in [2.24, 2.45) is 0 Å².